The van der Waals surface area contributed by atoms with E-state index in [-0.39, 0.29) is 23.5 Å². The number of ether oxygens (including phenoxy) is 1. The molecule has 1 saturated heterocycles. The van der Waals surface area contributed by atoms with Crippen LogP contribution in [0, 0.1) is 5.82 Å². The number of carbonyl (C=O) groups is 1. The van der Waals surface area contributed by atoms with Gasteiger partial charge in [-0.2, -0.15) is 0 Å². The molecule has 1 heterocycles. The maximum atomic E-state index is 12.8. The Morgan fingerprint density at radius 3 is 3.06 bits per heavy atom. The van der Waals surface area contributed by atoms with Crippen LogP contribution in [0.5, 0.6) is 5.75 Å². The third-order valence-electron chi connectivity index (χ3n) is 2.95. The first-order valence-corrected chi connectivity index (χ1v) is 6.38. The number of hydrogen-bond donors (Lipinski definition) is 1. The van der Waals surface area contributed by atoms with E-state index in [2.05, 4.69) is 5.32 Å². The molecule has 0 spiro atoms. The molecule has 0 bridgehead atoms. The molecule has 2 rings (SSSR count). The van der Waals surface area contributed by atoms with Crippen molar-refractivity contribution in [3.05, 3.63) is 29.0 Å². The lowest BCUT2D eigenvalue weighted by molar-refractivity contribution is -0.121. The Labute approximate surface area is 110 Å². The summed E-state index contributed by atoms with van der Waals surface area (Å²) < 4.78 is 18.2. The Bertz CT molecular complexity index is 433. The zero-order valence-corrected chi connectivity index (χ0v) is 10.7. The lowest BCUT2D eigenvalue weighted by atomic mass is 10.1. The first kappa shape index (κ1) is 13.3. The van der Waals surface area contributed by atoms with Gasteiger partial charge in [-0.15, -0.1) is 0 Å². The van der Waals surface area contributed by atoms with Crippen LogP contribution in [0.1, 0.15) is 19.3 Å². The molecule has 0 radical (unpaired) electrons. The molecule has 0 amide bonds. The second-order valence-electron chi connectivity index (χ2n) is 4.29. The zero-order chi connectivity index (χ0) is 13.0. The molecule has 1 N–H and O–H groups in total. The van der Waals surface area contributed by atoms with E-state index in [1.54, 1.807) is 0 Å². The molecule has 1 unspecified atom stereocenters. The van der Waals surface area contributed by atoms with Crippen LogP contribution >= 0.6 is 11.6 Å². The van der Waals surface area contributed by atoms with Gasteiger partial charge in [0, 0.05) is 6.42 Å². The van der Waals surface area contributed by atoms with Gasteiger partial charge < -0.3 is 10.1 Å². The van der Waals surface area contributed by atoms with Gasteiger partial charge in [0.1, 0.15) is 11.6 Å². The van der Waals surface area contributed by atoms with Gasteiger partial charge in [-0.25, -0.2) is 4.39 Å². The van der Waals surface area contributed by atoms with Gasteiger partial charge >= 0.3 is 0 Å². The molecule has 1 atom stereocenters. The highest BCUT2D eigenvalue weighted by molar-refractivity contribution is 6.32. The number of nitrogens with one attached hydrogen (secondary N) is 1. The fourth-order valence-corrected chi connectivity index (χ4v) is 2.21. The van der Waals surface area contributed by atoms with Crippen LogP contribution in [0.2, 0.25) is 5.02 Å². The summed E-state index contributed by atoms with van der Waals surface area (Å²) in [7, 11) is 0. The molecule has 1 aromatic carbocycles. The minimum atomic E-state index is -0.404. The SMILES string of the molecule is O=C(CCOc1ccc(F)cc1Cl)C1CCCN1. The molecule has 1 aromatic rings. The molecule has 1 aliphatic heterocycles. The predicted molar refractivity (Wildman–Crippen MR) is 67.6 cm³/mol. The van der Waals surface area contributed by atoms with Gasteiger partial charge in [-0.1, -0.05) is 11.6 Å². The molecule has 0 saturated carbocycles. The summed E-state index contributed by atoms with van der Waals surface area (Å²) >= 11 is 5.81. The standard InChI is InChI=1S/C13H15ClFNO2/c14-10-8-9(15)3-4-13(10)18-7-5-12(17)11-2-1-6-16-11/h3-4,8,11,16H,1-2,5-7H2. The summed E-state index contributed by atoms with van der Waals surface area (Å²) in [6, 6.07) is 3.91. The van der Waals surface area contributed by atoms with Crippen LogP contribution in [-0.4, -0.2) is 25.0 Å². The number of halogens is 2. The molecule has 18 heavy (non-hydrogen) atoms. The third-order valence-corrected chi connectivity index (χ3v) is 3.24. The molecular formula is C13H15ClFNO2. The monoisotopic (exact) mass is 271 g/mol. The maximum absolute atomic E-state index is 12.8. The van der Waals surface area contributed by atoms with Crippen LogP contribution in [-0.2, 0) is 4.79 Å². The second-order valence-corrected chi connectivity index (χ2v) is 4.70. The Morgan fingerprint density at radius 2 is 2.39 bits per heavy atom. The lowest BCUT2D eigenvalue weighted by Crippen LogP contribution is -2.31. The van der Waals surface area contributed by atoms with E-state index in [1.807, 2.05) is 0 Å². The van der Waals surface area contributed by atoms with Crippen molar-refractivity contribution in [3.8, 4) is 5.75 Å². The highest BCUT2D eigenvalue weighted by Crippen LogP contribution is 2.25. The van der Waals surface area contributed by atoms with Crippen LogP contribution in [0.4, 0.5) is 4.39 Å². The lowest BCUT2D eigenvalue weighted by Gasteiger charge is -2.10. The summed E-state index contributed by atoms with van der Waals surface area (Å²) in [4.78, 5) is 11.7. The van der Waals surface area contributed by atoms with E-state index >= 15 is 0 Å². The van der Waals surface area contributed by atoms with Crippen molar-refractivity contribution in [2.75, 3.05) is 13.2 Å². The van der Waals surface area contributed by atoms with Gasteiger partial charge in [0.25, 0.3) is 0 Å². The molecule has 98 valence electrons. The Hall–Kier alpha value is -1.13. The first-order valence-electron chi connectivity index (χ1n) is 6.01. The minimum Gasteiger partial charge on any atom is -0.492 e. The number of carbonyl (C=O) groups excluding carboxylic acids is 1. The van der Waals surface area contributed by atoms with Crippen LogP contribution in [0.3, 0.4) is 0 Å². The Morgan fingerprint density at radius 1 is 1.56 bits per heavy atom. The highest BCUT2D eigenvalue weighted by atomic mass is 35.5. The predicted octanol–water partition coefficient (Wildman–Crippen LogP) is 2.57. The largest absolute Gasteiger partial charge is 0.492 e. The fourth-order valence-electron chi connectivity index (χ4n) is 1.99. The van der Waals surface area contributed by atoms with Crippen LogP contribution in [0.15, 0.2) is 18.2 Å². The van der Waals surface area contributed by atoms with Crippen molar-refractivity contribution < 1.29 is 13.9 Å². The van der Waals surface area contributed by atoms with E-state index < -0.39 is 5.82 Å². The quantitative estimate of drug-likeness (QED) is 0.895. The highest BCUT2D eigenvalue weighted by Gasteiger charge is 2.21. The van der Waals surface area contributed by atoms with E-state index in [1.165, 1.54) is 18.2 Å². The Balaban J connectivity index is 1.79. The molecule has 1 aliphatic rings. The third kappa shape index (κ3) is 3.43. The molecule has 1 fully saturated rings. The molecule has 0 aromatic heterocycles. The van der Waals surface area contributed by atoms with E-state index in [0.29, 0.717) is 12.2 Å². The van der Waals surface area contributed by atoms with Gasteiger partial charge in [-0.05, 0) is 37.6 Å². The zero-order valence-electron chi connectivity index (χ0n) is 9.92. The normalized spacial score (nSPS) is 18.9. The van der Waals surface area contributed by atoms with E-state index in [9.17, 15) is 9.18 Å². The smallest absolute Gasteiger partial charge is 0.153 e. The van der Waals surface area contributed by atoms with E-state index in [0.717, 1.165) is 19.4 Å². The summed E-state index contributed by atoms with van der Waals surface area (Å²) in [5.41, 5.74) is 0. The van der Waals surface area contributed by atoms with Crippen molar-refractivity contribution >= 4 is 17.4 Å². The number of rotatable bonds is 5. The Kier molecular flexibility index (Phi) is 4.55. The fraction of sp³-hybridized carbons (Fsp3) is 0.462. The average molecular weight is 272 g/mol. The van der Waals surface area contributed by atoms with Gasteiger partial charge in [0.15, 0.2) is 5.78 Å². The van der Waals surface area contributed by atoms with Crippen molar-refractivity contribution in [1.29, 1.82) is 0 Å². The number of hydrogen-bond acceptors (Lipinski definition) is 3. The number of benzene rings is 1. The van der Waals surface area contributed by atoms with Gasteiger partial charge in [0.2, 0.25) is 0 Å². The average Bonchev–Trinajstić information content (AvgIpc) is 2.85. The maximum Gasteiger partial charge on any atom is 0.153 e. The van der Waals surface area contributed by atoms with Crippen LogP contribution < -0.4 is 10.1 Å². The van der Waals surface area contributed by atoms with Gasteiger partial charge in [0.05, 0.1) is 17.7 Å². The summed E-state index contributed by atoms with van der Waals surface area (Å²) in [6.07, 6.45) is 2.28. The number of Topliss-reactive ketones (excluding diaryl/α,β-unsaturated/α-hetero) is 1. The van der Waals surface area contributed by atoms with E-state index in [4.69, 9.17) is 16.3 Å². The van der Waals surface area contributed by atoms with Gasteiger partial charge in [-0.3, -0.25) is 4.79 Å². The van der Waals surface area contributed by atoms with Crippen molar-refractivity contribution in [1.82, 2.24) is 5.32 Å². The van der Waals surface area contributed by atoms with Crippen LogP contribution in [0.25, 0.3) is 0 Å². The minimum absolute atomic E-state index is 0.0303. The number of ketones is 1. The summed E-state index contributed by atoms with van der Waals surface area (Å²) in [6.45, 7) is 1.17. The molecular weight excluding hydrogens is 257 g/mol. The molecule has 0 aliphatic carbocycles. The molecule has 5 heteroatoms. The second kappa shape index (κ2) is 6.16. The first-order chi connectivity index (χ1) is 8.66. The summed E-state index contributed by atoms with van der Waals surface area (Å²) in [5.74, 6) is 0.162. The van der Waals surface area contributed by atoms with Crippen molar-refractivity contribution in [2.45, 2.75) is 25.3 Å². The summed E-state index contributed by atoms with van der Waals surface area (Å²) in [5, 5.41) is 3.37. The topological polar surface area (TPSA) is 38.3 Å². The van der Waals surface area contributed by atoms with Crippen molar-refractivity contribution in [2.24, 2.45) is 0 Å². The van der Waals surface area contributed by atoms with Crippen molar-refractivity contribution in [3.63, 3.8) is 0 Å². The molecule has 3 nitrogen and oxygen atoms in total.